The van der Waals surface area contributed by atoms with Gasteiger partial charge >= 0.3 is 5.69 Å². The van der Waals surface area contributed by atoms with Crippen LogP contribution in [-0.4, -0.2) is 4.92 Å². The minimum absolute atomic E-state index is 0.0904. The van der Waals surface area contributed by atoms with E-state index in [0.717, 1.165) is 5.56 Å². The molecule has 0 aromatic heterocycles. The topological polar surface area (TPSA) is 76.2 Å². The third-order valence-electron chi connectivity index (χ3n) is 2.60. The van der Waals surface area contributed by atoms with E-state index in [0.29, 0.717) is 0 Å². The molecule has 0 aliphatic carbocycles. The third-order valence-corrected chi connectivity index (χ3v) is 2.91. The molecule has 0 aliphatic rings. The molecule has 0 heterocycles. The molecule has 0 atom stereocenters. The number of alkyl halides is 1. The first kappa shape index (κ1) is 13.8. The van der Waals surface area contributed by atoms with E-state index in [1.54, 1.807) is 30.3 Å². The van der Waals surface area contributed by atoms with Gasteiger partial charge in [0, 0.05) is 11.9 Å². The standard InChI is InChI=1S/C14H9ClN2O3/c15-8-10-5-6-13(11(7-10)9-16)20-14-4-2-1-3-12(14)17(18)19/h1-7H,8H2. The molecule has 0 bridgehead atoms. The van der Waals surface area contributed by atoms with Gasteiger partial charge in [-0.3, -0.25) is 10.1 Å². The highest BCUT2D eigenvalue weighted by molar-refractivity contribution is 6.17. The molecule has 0 saturated heterocycles. The average Bonchev–Trinajstić information content (AvgIpc) is 2.48. The van der Waals surface area contributed by atoms with Crippen LogP contribution in [0.5, 0.6) is 11.5 Å². The Morgan fingerprint density at radius 3 is 2.65 bits per heavy atom. The van der Waals surface area contributed by atoms with Crippen molar-refractivity contribution in [3.8, 4) is 17.6 Å². The molecule has 0 saturated carbocycles. The van der Waals surface area contributed by atoms with Gasteiger partial charge in [-0.2, -0.15) is 5.26 Å². The Hall–Kier alpha value is -2.58. The summed E-state index contributed by atoms with van der Waals surface area (Å²) in [6, 6.07) is 12.9. The van der Waals surface area contributed by atoms with Gasteiger partial charge in [0.1, 0.15) is 11.8 Å². The summed E-state index contributed by atoms with van der Waals surface area (Å²) in [6.45, 7) is 0. The number of nitrogens with zero attached hydrogens (tertiary/aromatic N) is 2. The Morgan fingerprint density at radius 2 is 2.00 bits per heavy atom. The summed E-state index contributed by atoms with van der Waals surface area (Å²) in [5, 5.41) is 20.0. The van der Waals surface area contributed by atoms with Crippen LogP contribution < -0.4 is 4.74 Å². The van der Waals surface area contributed by atoms with Crippen LogP contribution in [0.15, 0.2) is 42.5 Å². The molecule has 20 heavy (non-hydrogen) atoms. The molecule has 100 valence electrons. The van der Waals surface area contributed by atoms with E-state index in [-0.39, 0.29) is 28.6 Å². The van der Waals surface area contributed by atoms with Crippen LogP contribution in [0.1, 0.15) is 11.1 Å². The highest BCUT2D eigenvalue weighted by Gasteiger charge is 2.16. The van der Waals surface area contributed by atoms with E-state index in [9.17, 15) is 10.1 Å². The Balaban J connectivity index is 2.41. The molecular formula is C14H9ClN2O3. The quantitative estimate of drug-likeness (QED) is 0.484. The van der Waals surface area contributed by atoms with E-state index in [1.165, 1.54) is 12.1 Å². The Morgan fingerprint density at radius 1 is 1.25 bits per heavy atom. The number of rotatable bonds is 4. The van der Waals surface area contributed by atoms with Gasteiger partial charge in [0.25, 0.3) is 0 Å². The summed E-state index contributed by atoms with van der Waals surface area (Å²) in [5.74, 6) is 0.628. The van der Waals surface area contributed by atoms with Gasteiger partial charge in [-0.15, -0.1) is 11.6 Å². The maximum absolute atomic E-state index is 10.9. The van der Waals surface area contributed by atoms with Crippen LogP contribution in [0, 0.1) is 21.4 Å². The average molecular weight is 289 g/mol. The van der Waals surface area contributed by atoms with Gasteiger partial charge in [0.2, 0.25) is 5.75 Å². The lowest BCUT2D eigenvalue weighted by atomic mass is 10.1. The SMILES string of the molecule is N#Cc1cc(CCl)ccc1Oc1ccccc1[N+](=O)[O-]. The van der Waals surface area contributed by atoms with Crippen molar-refractivity contribution < 1.29 is 9.66 Å². The fourth-order valence-corrected chi connectivity index (χ4v) is 1.82. The smallest absolute Gasteiger partial charge is 0.311 e. The molecule has 2 aromatic carbocycles. The normalized spacial score (nSPS) is 9.80. The zero-order valence-electron chi connectivity index (χ0n) is 10.2. The summed E-state index contributed by atoms with van der Waals surface area (Å²) >= 11 is 5.70. The van der Waals surface area contributed by atoms with Crippen molar-refractivity contribution in [1.29, 1.82) is 5.26 Å². The highest BCUT2D eigenvalue weighted by atomic mass is 35.5. The molecule has 0 unspecified atom stereocenters. The number of benzene rings is 2. The molecule has 2 aromatic rings. The molecule has 0 aliphatic heterocycles. The van der Waals surface area contributed by atoms with Gasteiger partial charge in [-0.1, -0.05) is 18.2 Å². The van der Waals surface area contributed by atoms with Crippen LogP contribution in [0.4, 0.5) is 5.69 Å². The fourth-order valence-electron chi connectivity index (χ4n) is 1.65. The number of hydrogen-bond acceptors (Lipinski definition) is 4. The summed E-state index contributed by atoms with van der Waals surface area (Å²) < 4.78 is 5.49. The molecule has 0 amide bonds. The molecular weight excluding hydrogens is 280 g/mol. The lowest BCUT2D eigenvalue weighted by Gasteiger charge is -2.08. The zero-order chi connectivity index (χ0) is 14.5. The predicted octanol–water partition coefficient (Wildman–Crippen LogP) is 4.00. The van der Waals surface area contributed by atoms with Gasteiger partial charge < -0.3 is 4.74 Å². The second-order valence-corrected chi connectivity index (χ2v) is 4.17. The minimum Gasteiger partial charge on any atom is -0.449 e. The maximum Gasteiger partial charge on any atom is 0.311 e. The monoisotopic (exact) mass is 288 g/mol. The van der Waals surface area contributed by atoms with Gasteiger partial charge in [-0.05, 0) is 23.8 Å². The lowest BCUT2D eigenvalue weighted by molar-refractivity contribution is -0.385. The number of hydrogen-bond donors (Lipinski definition) is 0. The molecule has 2 rings (SSSR count). The van der Waals surface area contributed by atoms with Crippen molar-refractivity contribution in [3.05, 3.63) is 63.7 Å². The first-order chi connectivity index (χ1) is 9.65. The van der Waals surface area contributed by atoms with Crippen molar-refractivity contribution in [1.82, 2.24) is 0 Å². The molecule has 0 fully saturated rings. The number of nitriles is 1. The van der Waals surface area contributed by atoms with Gasteiger partial charge in [0.15, 0.2) is 0 Å². The van der Waals surface area contributed by atoms with Crippen LogP contribution in [0.25, 0.3) is 0 Å². The minimum atomic E-state index is -0.533. The maximum atomic E-state index is 10.9. The van der Waals surface area contributed by atoms with Crippen LogP contribution in [-0.2, 0) is 5.88 Å². The molecule has 0 N–H and O–H groups in total. The number of halogens is 1. The van der Waals surface area contributed by atoms with Crippen molar-refractivity contribution >= 4 is 17.3 Å². The Kier molecular flexibility index (Phi) is 4.18. The Bertz CT molecular complexity index is 695. The highest BCUT2D eigenvalue weighted by Crippen LogP contribution is 2.32. The van der Waals surface area contributed by atoms with Crippen molar-refractivity contribution in [2.75, 3.05) is 0 Å². The van der Waals surface area contributed by atoms with E-state index in [2.05, 4.69) is 0 Å². The number of nitro benzene ring substituents is 1. The van der Waals surface area contributed by atoms with E-state index in [4.69, 9.17) is 21.6 Å². The van der Waals surface area contributed by atoms with Crippen molar-refractivity contribution in [2.45, 2.75) is 5.88 Å². The number of nitro groups is 1. The predicted molar refractivity (Wildman–Crippen MR) is 73.9 cm³/mol. The fraction of sp³-hybridized carbons (Fsp3) is 0.0714. The molecule has 0 spiro atoms. The number of ether oxygens (including phenoxy) is 1. The molecule has 6 heteroatoms. The summed E-state index contributed by atoms with van der Waals surface area (Å²) in [7, 11) is 0. The largest absolute Gasteiger partial charge is 0.449 e. The lowest BCUT2D eigenvalue weighted by Crippen LogP contribution is -1.95. The first-order valence-corrected chi connectivity index (χ1v) is 6.19. The molecule has 5 nitrogen and oxygen atoms in total. The van der Waals surface area contributed by atoms with E-state index in [1.807, 2.05) is 6.07 Å². The second-order valence-electron chi connectivity index (χ2n) is 3.90. The first-order valence-electron chi connectivity index (χ1n) is 5.66. The van der Waals surface area contributed by atoms with Crippen LogP contribution in [0.2, 0.25) is 0 Å². The zero-order valence-corrected chi connectivity index (χ0v) is 11.0. The van der Waals surface area contributed by atoms with Gasteiger partial charge in [-0.25, -0.2) is 0 Å². The number of para-hydroxylation sites is 2. The second kappa shape index (κ2) is 6.04. The Labute approximate surface area is 120 Å². The van der Waals surface area contributed by atoms with Crippen LogP contribution >= 0.6 is 11.6 Å². The summed E-state index contributed by atoms with van der Waals surface area (Å²) in [6.07, 6.45) is 0. The van der Waals surface area contributed by atoms with Crippen molar-refractivity contribution in [3.63, 3.8) is 0 Å². The van der Waals surface area contributed by atoms with E-state index < -0.39 is 4.92 Å². The van der Waals surface area contributed by atoms with Crippen molar-refractivity contribution in [2.24, 2.45) is 0 Å². The van der Waals surface area contributed by atoms with Crippen LogP contribution in [0.3, 0.4) is 0 Å². The molecule has 0 radical (unpaired) electrons. The van der Waals surface area contributed by atoms with Gasteiger partial charge in [0.05, 0.1) is 10.5 Å². The third kappa shape index (κ3) is 2.87. The summed E-state index contributed by atoms with van der Waals surface area (Å²) in [4.78, 5) is 10.4. The van der Waals surface area contributed by atoms with E-state index >= 15 is 0 Å². The summed E-state index contributed by atoms with van der Waals surface area (Å²) in [5.41, 5.74) is 0.900.